The number of rotatable bonds is 5. The smallest absolute Gasteiger partial charge is 0.190 e. The summed E-state index contributed by atoms with van der Waals surface area (Å²) in [4.78, 5) is 4.04. The standard InChI is InChI=1S/C12H17Cl2N3S.HI/c1-15-12(16-2)17-5-6-18-8-9-3-4-10(13)7-11(9)14;/h3-4,7H,5-6,8H2,1-2H3,(H2,15,16,17);1H. The Kier molecular flexibility index (Phi) is 11.0. The van der Waals surface area contributed by atoms with E-state index < -0.39 is 0 Å². The van der Waals surface area contributed by atoms with Crippen LogP contribution < -0.4 is 10.6 Å². The van der Waals surface area contributed by atoms with Crippen molar-refractivity contribution in [1.82, 2.24) is 10.6 Å². The quantitative estimate of drug-likeness (QED) is 0.322. The fraction of sp³-hybridized carbons (Fsp3) is 0.417. The van der Waals surface area contributed by atoms with Crippen LogP contribution >= 0.6 is 58.9 Å². The molecule has 2 N–H and O–H groups in total. The van der Waals surface area contributed by atoms with Crippen LogP contribution in [-0.4, -0.2) is 32.4 Å². The molecule has 1 aromatic rings. The highest BCUT2D eigenvalue weighted by molar-refractivity contribution is 14.0. The molecule has 0 aliphatic carbocycles. The molecule has 0 fully saturated rings. The van der Waals surface area contributed by atoms with E-state index in [1.165, 1.54) is 0 Å². The monoisotopic (exact) mass is 433 g/mol. The van der Waals surface area contributed by atoms with Gasteiger partial charge in [0, 0.05) is 42.2 Å². The van der Waals surface area contributed by atoms with E-state index in [4.69, 9.17) is 23.2 Å². The van der Waals surface area contributed by atoms with Gasteiger partial charge in [0.2, 0.25) is 0 Å². The Morgan fingerprint density at radius 1 is 1.37 bits per heavy atom. The number of nitrogens with one attached hydrogen (secondary N) is 2. The van der Waals surface area contributed by atoms with Gasteiger partial charge in [0.05, 0.1) is 0 Å². The first-order valence-electron chi connectivity index (χ1n) is 5.57. The van der Waals surface area contributed by atoms with E-state index in [0.717, 1.165) is 34.6 Å². The summed E-state index contributed by atoms with van der Waals surface area (Å²) in [6, 6.07) is 5.61. The molecule has 3 nitrogen and oxygen atoms in total. The summed E-state index contributed by atoms with van der Waals surface area (Å²) in [6.45, 7) is 0.864. The highest BCUT2D eigenvalue weighted by Crippen LogP contribution is 2.24. The maximum atomic E-state index is 6.10. The van der Waals surface area contributed by atoms with Crippen LogP contribution in [0.1, 0.15) is 5.56 Å². The molecule has 19 heavy (non-hydrogen) atoms. The molecular weight excluding hydrogens is 416 g/mol. The van der Waals surface area contributed by atoms with E-state index in [9.17, 15) is 0 Å². The van der Waals surface area contributed by atoms with Gasteiger partial charge in [-0.2, -0.15) is 11.8 Å². The average molecular weight is 434 g/mol. The van der Waals surface area contributed by atoms with Crippen LogP contribution in [0.15, 0.2) is 23.2 Å². The van der Waals surface area contributed by atoms with Gasteiger partial charge < -0.3 is 10.6 Å². The van der Waals surface area contributed by atoms with Crippen molar-refractivity contribution in [2.75, 3.05) is 26.4 Å². The van der Waals surface area contributed by atoms with Crippen LogP contribution in [0.4, 0.5) is 0 Å². The Morgan fingerprint density at radius 3 is 2.68 bits per heavy atom. The summed E-state index contributed by atoms with van der Waals surface area (Å²) in [5.74, 6) is 2.68. The van der Waals surface area contributed by atoms with Gasteiger partial charge in [0.25, 0.3) is 0 Å². The molecule has 1 aromatic carbocycles. The third-order valence-electron chi connectivity index (χ3n) is 2.27. The molecule has 0 unspecified atom stereocenters. The fourth-order valence-electron chi connectivity index (χ4n) is 1.34. The van der Waals surface area contributed by atoms with Crippen LogP contribution in [0.25, 0.3) is 0 Å². The van der Waals surface area contributed by atoms with Crippen molar-refractivity contribution >= 4 is 64.9 Å². The Balaban J connectivity index is 0.00000324. The van der Waals surface area contributed by atoms with Gasteiger partial charge in [-0.05, 0) is 17.7 Å². The number of hydrogen-bond acceptors (Lipinski definition) is 2. The molecule has 0 radical (unpaired) electrons. The minimum absolute atomic E-state index is 0. The maximum Gasteiger partial charge on any atom is 0.190 e. The predicted molar refractivity (Wildman–Crippen MR) is 98.5 cm³/mol. The number of aliphatic imine (C=N–C) groups is 1. The summed E-state index contributed by atoms with van der Waals surface area (Å²) in [5.41, 5.74) is 1.11. The number of halogens is 3. The highest BCUT2D eigenvalue weighted by Gasteiger charge is 2.01. The van der Waals surface area contributed by atoms with Crippen LogP contribution in [0.3, 0.4) is 0 Å². The largest absolute Gasteiger partial charge is 0.359 e. The lowest BCUT2D eigenvalue weighted by Crippen LogP contribution is -2.35. The van der Waals surface area contributed by atoms with Crippen molar-refractivity contribution < 1.29 is 0 Å². The van der Waals surface area contributed by atoms with Gasteiger partial charge in [0.15, 0.2) is 5.96 Å². The normalized spacial score (nSPS) is 10.8. The van der Waals surface area contributed by atoms with Crippen LogP contribution in [0, 0.1) is 0 Å². The zero-order chi connectivity index (χ0) is 13.4. The molecule has 1 rings (SSSR count). The SMILES string of the molecule is CN=C(NC)NCCSCc1ccc(Cl)cc1Cl.I. The molecule has 0 saturated carbocycles. The van der Waals surface area contributed by atoms with E-state index >= 15 is 0 Å². The lowest BCUT2D eigenvalue weighted by molar-refractivity contribution is 0.912. The highest BCUT2D eigenvalue weighted by atomic mass is 127. The summed E-state index contributed by atoms with van der Waals surface area (Å²) >= 11 is 13.8. The van der Waals surface area contributed by atoms with Gasteiger partial charge >= 0.3 is 0 Å². The Morgan fingerprint density at radius 2 is 2.11 bits per heavy atom. The summed E-state index contributed by atoms with van der Waals surface area (Å²) in [5, 5.41) is 7.57. The number of hydrogen-bond donors (Lipinski definition) is 2. The molecule has 0 amide bonds. The van der Waals surface area contributed by atoms with Crippen molar-refractivity contribution in [2.45, 2.75) is 5.75 Å². The molecule has 0 bridgehead atoms. The molecule has 0 aromatic heterocycles. The van der Waals surface area contributed by atoms with E-state index in [1.807, 2.05) is 30.9 Å². The van der Waals surface area contributed by atoms with Crippen molar-refractivity contribution in [3.8, 4) is 0 Å². The van der Waals surface area contributed by atoms with E-state index in [1.54, 1.807) is 13.1 Å². The minimum atomic E-state index is 0. The lowest BCUT2D eigenvalue weighted by Gasteiger charge is -2.08. The first kappa shape index (κ1) is 19.1. The van der Waals surface area contributed by atoms with E-state index in [2.05, 4.69) is 15.6 Å². The molecule has 0 aliphatic heterocycles. The summed E-state index contributed by atoms with van der Waals surface area (Å²) < 4.78 is 0. The molecular formula is C12H18Cl2IN3S. The number of guanidine groups is 1. The van der Waals surface area contributed by atoms with Crippen molar-refractivity contribution in [2.24, 2.45) is 4.99 Å². The third kappa shape index (κ3) is 7.48. The Labute approximate surface area is 145 Å². The number of benzene rings is 1. The van der Waals surface area contributed by atoms with E-state index in [0.29, 0.717) is 5.02 Å². The average Bonchev–Trinajstić information content (AvgIpc) is 2.36. The van der Waals surface area contributed by atoms with Gasteiger partial charge in [-0.3, -0.25) is 4.99 Å². The summed E-state index contributed by atoms with van der Waals surface area (Å²) in [6.07, 6.45) is 0. The minimum Gasteiger partial charge on any atom is -0.359 e. The topological polar surface area (TPSA) is 36.4 Å². The molecule has 0 heterocycles. The van der Waals surface area contributed by atoms with Gasteiger partial charge in [-0.15, -0.1) is 24.0 Å². The summed E-state index contributed by atoms with van der Waals surface area (Å²) in [7, 11) is 3.59. The molecule has 0 atom stereocenters. The molecule has 108 valence electrons. The van der Waals surface area contributed by atoms with E-state index in [-0.39, 0.29) is 24.0 Å². The molecule has 0 saturated heterocycles. The van der Waals surface area contributed by atoms with Crippen molar-refractivity contribution in [3.63, 3.8) is 0 Å². The zero-order valence-corrected chi connectivity index (χ0v) is 15.5. The second kappa shape index (κ2) is 10.9. The maximum absolute atomic E-state index is 6.10. The Hall–Kier alpha value is 0.150. The zero-order valence-electron chi connectivity index (χ0n) is 10.9. The van der Waals surface area contributed by atoms with Gasteiger partial charge in [-0.25, -0.2) is 0 Å². The predicted octanol–water partition coefficient (Wildman–Crippen LogP) is 3.64. The molecule has 0 spiro atoms. The molecule has 0 aliphatic rings. The van der Waals surface area contributed by atoms with Crippen LogP contribution in [0.5, 0.6) is 0 Å². The molecule has 7 heteroatoms. The number of thioether (sulfide) groups is 1. The van der Waals surface area contributed by atoms with Gasteiger partial charge in [0.1, 0.15) is 0 Å². The lowest BCUT2D eigenvalue weighted by atomic mass is 10.2. The number of nitrogens with zero attached hydrogens (tertiary/aromatic N) is 1. The van der Waals surface area contributed by atoms with Gasteiger partial charge in [-0.1, -0.05) is 29.3 Å². The van der Waals surface area contributed by atoms with Crippen LogP contribution in [0.2, 0.25) is 10.0 Å². The van der Waals surface area contributed by atoms with Crippen molar-refractivity contribution in [1.29, 1.82) is 0 Å². The Bertz CT molecular complexity index is 416. The second-order valence-corrected chi connectivity index (χ2v) is 5.49. The first-order chi connectivity index (χ1) is 8.67. The van der Waals surface area contributed by atoms with Crippen LogP contribution in [-0.2, 0) is 5.75 Å². The fourth-order valence-corrected chi connectivity index (χ4v) is 2.76. The second-order valence-electron chi connectivity index (χ2n) is 3.54. The van der Waals surface area contributed by atoms with Crippen molar-refractivity contribution in [3.05, 3.63) is 33.8 Å². The third-order valence-corrected chi connectivity index (χ3v) is 3.87. The first-order valence-corrected chi connectivity index (χ1v) is 7.48.